The SMILES string of the molecule is CCCC(NC(=O)[C@@H]1CC(C)(C)CN1C(=O)[C@@H](NC(=O)OCC(C)C)C(C)c1ccccc1)C(=O)C(=O)NCC(=O)N[C@H](C(C)=O)c1ccccc1. The molecule has 1 aliphatic rings. The molecular formula is C39H53N5O8. The van der Waals surface area contributed by atoms with E-state index in [1.54, 1.807) is 37.3 Å². The van der Waals surface area contributed by atoms with E-state index in [2.05, 4.69) is 21.3 Å². The summed E-state index contributed by atoms with van der Waals surface area (Å²) in [6.07, 6.45) is 0.0950. The second-order valence-electron chi connectivity index (χ2n) is 14.6. The van der Waals surface area contributed by atoms with Gasteiger partial charge in [0, 0.05) is 12.5 Å². The normalized spacial score (nSPS) is 17.2. The molecule has 2 aromatic carbocycles. The highest BCUT2D eigenvalue weighted by molar-refractivity contribution is 6.38. The van der Waals surface area contributed by atoms with E-state index in [4.69, 9.17) is 4.74 Å². The molecule has 1 fully saturated rings. The fourth-order valence-corrected chi connectivity index (χ4v) is 6.18. The molecule has 1 heterocycles. The van der Waals surface area contributed by atoms with E-state index >= 15 is 0 Å². The first-order valence-electron chi connectivity index (χ1n) is 17.8. The van der Waals surface area contributed by atoms with Crippen LogP contribution < -0.4 is 21.3 Å². The molecule has 5 amide bonds. The Labute approximate surface area is 306 Å². The molecule has 0 aromatic heterocycles. The molecule has 13 nitrogen and oxygen atoms in total. The zero-order valence-corrected chi connectivity index (χ0v) is 31.2. The van der Waals surface area contributed by atoms with Gasteiger partial charge in [0.1, 0.15) is 18.1 Å². The van der Waals surface area contributed by atoms with Gasteiger partial charge in [0.25, 0.3) is 5.91 Å². The van der Waals surface area contributed by atoms with Crippen LogP contribution in [0, 0.1) is 11.3 Å². The summed E-state index contributed by atoms with van der Waals surface area (Å²) in [7, 11) is 0. The Balaban J connectivity index is 1.75. The van der Waals surface area contributed by atoms with Crippen LogP contribution in [0.4, 0.5) is 4.79 Å². The quantitative estimate of drug-likeness (QED) is 0.179. The van der Waals surface area contributed by atoms with Crippen LogP contribution >= 0.6 is 0 Å². The largest absolute Gasteiger partial charge is 0.449 e. The highest BCUT2D eigenvalue weighted by Crippen LogP contribution is 2.36. The van der Waals surface area contributed by atoms with Crippen molar-refractivity contribution in [2.45, 2.75) is 97.8 Å². The van der Waals surface area contributed by atoms with Gasteiger partial charge in [-0.1, -0.05) is 109 Å². The molecule has 4 N–H and O–H groups in total. The van der Waals surface area contributed by atoms with E-state index in [-0.39, 0.29) is 37.7 Å². The number of carbonyl (C=O) groups is 7. The van der Waals surface area contributed by atoms with Crippen LogP contribution in [0.2, 0.25) is 0 Å². The molecule has 0 bridgehead atoms. The predicted molar refractivity (Wildman–Crippen MR) is 195 cm³/mol. The maximum atomic E-state index is 14.3. The van der Waals surface area contributed by atoms with Crippen molar-refractivity contribution in [1.29, 1.82) is 0 Å². The Morgan fingerprint density at radius 1 is 0.865 bits per heavy atom. The van der Waals surface area contributed by atoms with Gasteiger partial charge in [-0.2, -0.15) is 0 Å². The lowest BCUT2D eigenvalue weighted by molar-refractivity contribution is -0.143. The monoisotopic (exact) mass is 719 g/mol. The lowest BCUT2D eigenvalue weighted by Gasteiger charge is -2.32. The molecule has 0 radical (unpaired) electrons. The number of rotatable bonds is 17. The minimum absolute atomic E-state index is 0.0793. The van der Waals surface area contributed by atoms with Crippen molar-refractivity contribution in [3.05, 3.63) is 71.8 Å². The minimum atomic E-state index is -1.22. The predicted octanol–water partition coefficient (Wildman–Crippen LogP) is 3.58. The minimum Gasteiger partial charge on any atom is -0.449 e. The van der Waals surface area contributed by atoms with Crippen molar-refractivity contribution in [3.63, 3.8) is 0 Å². The van der Waals surface area contributed by atoms with Gasteiger partial charge in [0.2, 0.25) is 23.5 Å². The van der Waals surface area contributed by atoms with Crippen LogP contribution in [-0.4, -0.2) is 84.0 Å². The molecule has 0 saturated carbocycles. The van der Waals surface area contributed by atoms with Crippen molar-refractivity contribution in [2.24, 2.45) is 11.3 Å². The first kappa shape index (κ1) is 41.4. The smallest absolute Gasteiger partial charge is 0.407 e. The van der Waals surface area contributed by atoms with E-state index in [1.807, 2.05) is 65.0 Å². The summed E-state index contributed by atoms with van der Waals surface area (Å²) in [5.41, 5.74) is 0.888. The average Bonchev–Trinajstić information content (AvgIpc) is 3.45. The number of hydrogen-bond acceptors (Lipinski definition) is 8. The molecule has 2 aromatic rings. The topological polar surface area (TPSA) is 180 Å². The van der Waals surface area contributed by atoms with E-state index < -0.39 is 77.6 Å². The lowest BCUT2D eigenvalue weighted by Crippen LogP contribution is -2.57. The third-order valence-corrected chi connectivity index (χ3v) is 8.91. The third kappa shape index (κ3) is 11.7. The molecule has 52 heavy (non-hydrogen) atoms. The van der Waals surface area contributed by atoms with Crippen LogP contribution in [0.25, 0.3) is 0 Å². The van der Waals surface area contributed by atoms with Gasteiger partial charge >= 0.3 is 6.09 Å². The van der Waals surface area contributed by atoms with Gasteiger partial charge in [-0.15, -0.1) is 0 Å². The zero-order chi connectivity index (χ0) is 38.6. The number of ether oxygens (including phenoxy) is 1. The Morgan fingerprint density at radius 3 is 2.02 bits per heavy atom. The van der Waals surface area contributed by atoms with E-state index in [9.17, 15) is 33.6 Å². The number of hydrogen-bond donors (Lipinski definition) is 4. The lowest BCUT2D eigenvalue weighted by atomic mass is 9.90. The number of carbonyl (C=O) groups excluding carboxylic acids is 7. The van der Waals surface area contributed by atoms with Crippen molar-refractivity contribution in [3.8, 4) is 0 Å². The fraction of sp³-hybridized carbons (Fsp3) is 0.513. The summed E-state index contributed by atoms with van der Waals surface area (Å²) in [4.78, 5) is 93.7. The highest BCUT2D eigenvalue weighted by Gasteiger charge is 2.47. The molecule has 1 saturated heterocycles. The van der Waals surface area contributed by atoms with E-state index in [0.717, 1.165) is 5.56 Å². The number of alkyl carbamates (subject to hydrolysis) is 1. The standard InChI is InChI=1S/C39H53N5O8/c1-8-15-29(34(47)36(49)40-21-31(46)42-33(26(5)45)28-18-13-10-14-19-28)41-35(48)30-20-39(6,7)23-44(30)37(50)32(43-38(51)52-22-24(2)3)25(4)27-16-11-9-12-17-27/h9-14,16-19,24-25,29-30,32-33H,8,15,20-23H2,1-7H3,(H,40,49)(H,41,48)(H,42,46)(H,43,51)/t25?,29?,30-,32-,33+/m0/s1. The maximum Gasteiger partial charge on any atom is 0.407 e. The summed E-state index contributed by atoms with van der Waals surface area (Å²) in [6.45, 7) is 12.4. The van der Waals surface area contributed by atoms with Gasteiger partial charge < -0.3 is 30.9 Å². The number of nitrogens with zero attached hydrogens (tertiary/aromatic N) is 1. The molecule has 5 atom stereocenters. The molecule has 3 rings (SSSR count). The highest BCUT2D eigenvalue weighted by atomic mass is 16.5. The molecular weight excluding hydrogens is 666 g/mol. The van der Waals surface area contributed by atoms with E-state index in [1.165, 1.54) is 11.8 Å². The van der Waals surface area contributed by atoms with Gasteiger partial charge in [-0.05, 0) is 42.2 Å². The van der Waals surface area contributed by atoms with Crippen molar-refractivity contribution < 1.29 is 38.3 Å². The zero-order valence-electron chi connectivity index (χ0n) is 31.2. The third-order valence-electron chi connectivity index (χ3n) is 8.91. The summed E-state index contributed by atoms with van der Waals surface area (Å²) in [6, 6.07) is 13.6. The number of ketones is 2. The number of Topliss-reactive ketones (excluding diaryl/α,β-unsaturated/α-hetero) is 2. The second kappa shape index (κ2) is 19.0. The van der Waals surface area contributed by atoms with Crippen molar-refractivity contribution >= 4 is 41.3 Å². The fourth-order valence-electron chi connectivity index (χ4n) is 6.18. The average molecular weight is 720 g/mol. The molecule has 1 aliphatic heterocycles. The summed E-state index contributed by atoms with van der Waals surface area (Å²) < 4.78 is 5.34. The van der Waals surface area contributed by atoms with Crippen molar-refractivity contribution in [2.75, 3.05) is 19.7 Å². The molecule has 13 heteroatoms. The summed E-state index contributed by atoms with van der Waals surface area (Å²) in [5, 5.41) is 10.3. The molecule has 0 aliphatic carbocycles. The summed E-state index contributed by atoms with van der Waals surface area (Å²) in [5.74, 6) is -4.51. The Kier molecular flexibility index (Phi) is 15.1. The Bertz CT molecular complexity index is 1580. The van der Waals surface area contributed by atoms with E-state index in [0.29, 0.717) is 12.0 Å². The van der Waals surface area contributed by atoms with Gasteiger partial charge in [0.05, 0.1) is 19.2 Å². The van der Waals surface area contributed by atoms with Crippen LogP contribution in [-0.2, 0) is 33.5 Å². The first-order valence-corrected chi connectivity index (χ1v) is 17.8. The first-order chi connectivity index (χ1) is 24.5. The van der Waals surface area contributed by atoms with Gasteiger partial charge in [-0.25, -0.2) is 4.79 Å². The number of likely N-dealkylation sites (tertiary alicyclic amines) is 1. The number of benzene rings is 2. The maximum absolute atomic E-state index is 14.3. The van der Waals surface area contributed by atoms with Crippen molar-refractivity contribution in [1.82, 2.24) is 26.2 Å². The Hall–Kier alpha value is -5.07. The van der Waals surface area contributed by atoms with Crippen LogP contribution in [0.5, 0.6) is 0 Å². The molecule has 0 spiro atoms. The second-order valence-corrected chi connectivity index (χ2v) is 14.6. The molecule has 282 valence electrons. The number of nitrogens with one attached hydrogen (secondary N) is 4. The molecule has 2 unspecified atom stereocenters. The van der Waals surface area contributed by atoms with Crippen LogP contribution in [0.3, 0.4) is 0 Å². The van der Waals surface area contributed by atoms with Gasteiger partial charge in [0.15, 0.2) is 5.78 Å². The Morgan fingerprint density at radius 2 is 1.46 bits per heavy atom. The summed E-state index contributed by atoms with van der Waals surface area (Å²) >= 11 is 0. The number of amides is 5. The van der Waals surface area contributed by atoms with Crippen LogP contribution in [0.1, 0.15) is 90.8 Å². The van der Waals surface area contributed by atoms with Gasteiger partial charge in [-0.3, -0.25) is 28.8 Å². The van der Waals surface area contributed by atoms with Crippen LogP contribution in [0.15, 0.2) is 60.7 Å².